The minimum atomic E-state index is 0. The van der Waals surface area contributed by atoms with Gasteiger partial charge in [0.1, 0.15) is 6.61 Å². The second kappa shape index (κ2) is 12.5. The fourth-order valence-electron chi connectivity index (χ4n) is 3.23. The van der Waals surface area contributed by atoms with Crippen molar-refractivity contribution in [2.45, 2.75) is 32.4 Å². The van der Waals surface area contributed by atoms with Gasteiger partial charge in [0.05, 0.1) is 6.61 Å². The fourth-order valence-corrected chi connectivity index (χ4v) is 3.23. The SMILES string of the molecule is CCOc1cc(C(=O)N2CCC(NC)CC2)ccc1OCc1cccnc1.Cl.Cl. The molecule has 0 atom stereocenters. The first kappa shape index (κ1) is 25.0. The number of ether oxygens (including phenoxy) is 2. The van der Waals surface area contributed by atoms with Crippen LogP contribution in [0.15, 0.2) is 42.7 Å². The minimum Gasteiger partial charge on any atom is -0.490 e. The Hall–Kier alpha value is -2.02. The molecular weight excluding hydrogens is 413 g/mol. The topological polar surface area (TPSA) is 63.7 Å². The summed E-state index contributed by atoms with van der Waals surface area (Å²) in [6.45, 7) is 4.37. The summed E-state index contributed by atoms with van der Waals surface area (Å²) in [7, 11) is 1.97. The third-order valence-corrected chi connectivity index (χ3v) is 4.80. The molecule has 1 amide bonds. The number of hydrogen-bond donors (Lipinski definition) is 1. The molecule has 3 rings (SSSR count). The Morgan fingerprint density at radius 1 is 1.17 bits per heavy atom. The quantitative estimate of drug-likeness (QED) is 0.708. The van der Waals surface area contributed by atoms with Crippen molar-refractivity contribution >= 4 is 30.7 Å². The molecular formula is C21H29Cl2N3O3. The lowest BCUT2D eigenvalue weighted by Gasteiger charge is -2.32. The Balaban J connectivity index is 0.00000210. The molecule has 0 radical (unpaired) electrons. The van der Waals surface area contributed by atoms with Crippen LogP contribution in [-0.2, 0) is 6.61 Å². The van der Waals surface area contributed by atoms with Gasteiger partial charge < -0.3 is 19.7 Å². The predicted molar refractivity (Wildman–Crippen MR) is 119 cm³/mol. The monoisotopic (exact) mass is 441 g/mol. The van der Waals surface area contributed by atoms with E-state index in [4.69, 9.17) is 9.47 Å². The number of aromatic nitrogens is 1. The molecule has 0 spiro atoms. The van der Waals surface area contributed by atoms with Gasteiger partial charge in [-0.25, -0.2) is 0 Å². The van der Waals surface area contributed by atoms with Crippen LogP contribution < -0.4 is 14.8 Å². The van der Waals surface area contributed by atoms with Crippen LogP contribution in [0.1, 0.15) is 35.7 Å². The van der Waals surface area contributed by atoms with E-state index < -0.39 is 0 Å². The first-order valence-corrected chi connectivity index (χ1v) is 9.46. The molecule has 0 bridgehead atoms. The zero-order valence-electron chi connectivity index (χ0n) is 16.8. The molecule has 1 N–H and O–H groups in total. The summed E-state index contributed by atoms with van der Waals surface area (Å²) in [5, 5.41) is 3.29. The Labute approximate surface area is 184 Å². The maximum Gasteiger partial charge on any atom is 0.253 e. The van der Waals surface area contributed by atoms with E-state index in [1.54, 1.807) is 18.5 Å². The van der Waals surface area contributed by atoms with E-state index in [0.29, 0.717) is 36.3 Å². The van der Waals surface area contributed by atoms with E-state index in [9.17, 15) is 4.79 Å². The maximum atomic E-state index is 12.8. The van der Waals surface area contributed by atoms with Gasteiger partial charge in [-0.05, 0) is 51.1 Å². The predicted octanol–water partition coefficient (Wildman–Crippen LogP) is 3.73. The van der Waals surface area contributed by atoms with Gasteiger partial charge in [0.2, 0.25) is 0 Å². The lowest BCUT2D eigenvalue weighted by atomic mass is 10.0. The van der Waals surface area contributed by atoms with Gasteiger partial charge in [0.25, 0.3) is 5.91 Å². The number of piperidine rings is 1. The van der Waals surface area contributed by atoms with Gasteiger partial charge in [-0.15, -0.1) is 24.8 Å². The van der Waals surface area contributed by atoms with Crippen molar-refractivity contribution in [2.24, 2.45) is 0 Å². The second-order valence-electron chi connectivity index (χ2n) is 6.60. The highest BCUT2D eigenvalue weighted by Crippen LogP contribution is 2.30. The van der Waals surface area contributed by atoms with E-state index >= 15 is 0 Å². The average Bonchev–Trinajstić information content (AvgIpc) is 2.73. The molecule has 2 aromatic rings. The van der Waals surface area contributed by atoms with E-state index in [0.717, 1.165) is 31.5 Å². The molecule has 6 nitrogen and oxygen atoms in total. The molecule has 1 aliphatic heterocycles. The van der Waals surface area contributed by atoms with Gasteiger partial charge in [0.15, 0.2) is 11.5 Å². The highest BCUT2D eigenvalue weighted by molar-refractivity contribution is 5.95. The summed E-state index contributed by atoms with van der Waals surface area (Å²) in [5.41, 5.74) is 1.61. The molecule has 8 heteroatoms. The summed E-state index contributed by atoms with van der Waals surface area (Å²) < 4.78 is 11.6. The molecule has 1 aliphatic rings. The minimum absolute atomic E-state index is 0. The summed E-state index contributed by atoms with van der Waals surface area (Å²) in [5.74, 6) is 1.27. The number of rotatable bonds is 7. The standard InChI is InChI=1S/C21H27N3O3.2ClH/c1-3-26-20-13-17(21(25)24-11-8-18(22-2)9-12-24)6-7-19(20)27-15-16-5-4-10-23-14-16;;/h4-7,10,13-14,18,22H,3,8-9,11-12,15H2,1-2H3;2*1H. The number of amides is 1. The van der Waals surface area contributed by atoms with Crippen molar-refractivity contribution in [2.75, 3.05) is 26.7 Å². The van der Waals surface area contributed by atoms with Crippen LogP contribution in [0, 0.1) is 0 Å². The number of carbonyl (C=O) groups excluding carboxylic acids is 1. The zero-order valence-corrected chi connectivity index (χ0v) is 18.4. The summed E-state index contributed by atoms with van der Waals surface area (Å²) in [6, 6.07) is 9.74. The van der Waals surface area contributed by atoms with Crippen molar-refractivity contribution in [1.29, 1.82) is 0 Å². The molecule has 1 aromatic carbocycles. The number of hydrogen-bond acceptors (Lipinski definition) is 5. The van der Waals surface area contributed by atoms with Crippen LogP contribution in [0.3, 0.4) is 0 Å². The Morgan fingerprint density at radius 2 is 1.93 bits per heavy atom. The van der Waals surface area contributed by atoms with Crippen molar-refractivity contribution in [1.82, 2.24) is 15.2 Å². The lowest BCUT2D eigenvalue weighted by Crippen LogP contribution is -2.43. The molecule has 0 saturated carbocycles. The van der Waals surface area contributed by atoms with Crippen molar-refractivity contribution in [3.63, 3.8) is 0 Å². The van der Waals surface area contributed by atoms with Crippen LogP contribution in [0.5, 0.6) is 11.5 Å². The summed E-state index contributed by atoms with van der Waals surface area (Å²) in [6.07, 6.45) is 5.46. The molecule has 1 aromatic heterocycles. The Kier molecular flexibility index (Phi) is 10.8. The van der Waals surface area contributed by atoms with Gasteiger partial charge in [-0.3, -0.25) is 9.78 Å². The van der Waals surface area contributed by atoms with Crippen molar-refractivity contribution in [3.8, 4) is 11.5 Å². The molecule has 1 saturated heterocycles. The van der Waals surface area contributed by atoms with Gasteiger partial charge in [-0.1, -0.05) is 6.07 Å². The molecule has 160 valence electrons. The van der Waals surface area contributed by atoms with E-state index in [-0.39, 0.29) is 30.7 Å². The number of nitrogens with zero attached hydrogens (tertiary/aromatic N) is 2. The lowest BCUT2D eigenvalue weighted by molar-refractivity contribution is 0.0706. The molecule has 0 aliphatic carbocycles. The van der Waals surface area contributed by atoms with E-state index in [1.165, 1.54) is 0 Å². The molecule has 1 fully saturated rings. The average molecular weight is 442 g/mol. The fraction of sp³-hybridized carbons (Fsp3) is 0.429. The number of pyridine rings is 1. The van der Waals surface area contributed by atoms with Crippen molar-refractivity contribution in [3.05, 3.63) is 53.9 Å². The smallest absolute Gasteiger partial charge is 0.253 e. The van der Waals surface area contributed by atoms with Crippen LogP contribution in [0.4, 0.5) is 0 Å². The number of likely N-dealkylation sites (tertiary alicyclic amines) is 1. The zero-order chi connectivity index (χ0) is 19.1. The second-order valence-corrected chi connectivity index (χ2v) is 6.60. The van der Waals surface area contributed by atoms with Crippen LogP contribution in [-0.4, -0.2) is 48.6 Å². The van der Waals surface area contributed by atoms with Crippen LogP contribution in [0.25, 0.3) is 0 Å². The van der Waals surface area contributed by atoms with E-state index in [2.05, 4.69) is 10.3 Å². The van der Waals surface area contributed by atoms with Crippen molar-refractivity contribution < 1.29 is 14.3 Å². The Bertz CT molecular complexity index is 754. The Morgan fingerprint density at radius 3 is 2.55 bits per heavy atom. The number of nitrogens with one attached hydrogen (secondary N) is 1. The van der Waals surface area contributed by atoms with Gasteiger partial charge in [-0.2, -0.15) is 0 Å². The highest BCUT2D eigenvalue weighted by atomic mass is 35.5. The third-order valence-electron chi connectivity index (χ3n) is 4.80. The number of halogens is 2. The largest absolute Gasteiger partial charge is 0.490 e. The maximum absolute atomic E-state index is 12.8. The highest BCUT2D eigenvalue weighted by Gasteiger charge is 2.23. The van der Waals surface area contributed by atoms with Crippen LogP contribution >= 0.6 is 24.8 Å². The first-order chi connectivity index (χ1) is 13.2. The first-order valence-electron chi connectivity index (χ1n) is 9.46. The summed E-state index contributed by atoms with van der Waals surface area (Å²) >= 11 is 0. The molecule has 29 heavy (non-hydrogen) atoms. The number of benzene rings is 1. The van der Waals surface area contributed by atoms with E-state index in [1.807, 2.05) is 43.1 Å². The normalized spacial score (nSPS) is 13.8. The third kappa shape index (κ3) is 6.77. The van der Waals surface area contributed by atoms with Crippen LogP contribution in [0.2, 0.25) is 0 Å². The molecule has 0 unspecified atom stereocenters. The van der Waals surface area contributed by atoms with Gasteiger partial charge in [0, 0.05) is 42.7 Å². The van der Waals surface area contributed by atoms with Gasteiger partial charge >= 0.3 is 0 Å². The molecule has 2 heterocycles. The number of carbonyl (C=O) groups is 1. The summed E-state index contributed by atoms with van der Waals surface area (Å²) in [4.78, 5) is 18.8.